The monoisotopic (exact) mass is 268 g/mol. The van der Waals surface area contributed by atoms with Crippen LogP contribution in [0.2, 0.25) is 0 Å². The van der Waals surface area contributed by atoms with Crippen LogP contribution < -0.4 is 5.73 Å². The van der Waals surface area contributed by atoms with Crippen molar-refractivity contribution in [3.63, 3.8) is 0 Å². The molecule has 0 spiro atoms. The fourth-order valence-corrected chi connectivity index (χ4v) is 2.00. The van der Waals surface area contributed by atoms with E-state index in [1.54, 1.807) is 6.33 Å². The van der Waals surface area contributed by atoms with E-state index in [1.165, 1.54) is 6.07 Å². The summed E-state index contributed by atoms with van der Waals surface area (Å²) in [5, 5.41) is 7.76. The second-order valence-corrected chi connectivity index (χ2v) is 4.59. The van der Waals surface area contributed by atoms with E-state index in [2.05, 4.69) is 10.2 Å². The Labute approximate surface area is 107 Å². The number of hydrogen-bond acceptors (Lipinski definition) is 3. The molecule has 0 aliphatic heterocycles. The molecule has 4 nitrogen and oxygen atoms in total. The molecule has 0 radical (unpaired) electrons. The molecular formula is C12H11F3N4. The molecule has 1 aromatic heterocycles. The van der Waals surface area contributed by atoms with Crippen molar-refractivity contribution in [3.05, 3.63) is 30.1 Å². The zero-order valence-electron chi connectivity index (χ0n) is 9.85. The molecule has 1 aliphatic rings. The van der Waals surface area contributed by atoms with Crippen LogP contribution >= 0.6 is 0 Å². The summed E-state index contributed by atoms with van der Waals surface area (Å²) in [7, 11) is 0. The normalized spacial score (nSPS) is 15.7. The van der Waals surface area contributed by atoms with Crippen LogP contribution in [0.1, 0.15) is 24.4 Å². The zero-order valence-corrected chi connectivity index (χ0v) is 9.85. The summed E-state index contributed by atoms with van der Waals surface area (Å²) in [5.41, 5.74) is 5.50. The zero-order chi connectivity index (χ0) is 13.6. The molecule has 7 heteroatoms. The van der Waals surface area contributed by atoms with E-state index in [-0.39, 0.29) is 5.69 Å². The number of rotatable bonds is 2. The number of alkyl halides is 3. The number of benzene rings is 1. The van der Waals surface area contributed by atoms with Gasteiger partial charge in [-0.05, 0) is 31.0 Å². The summed E-state index contributed by atoms with van der Waals surface area (Å²) in [5.74, 6) is 0.522. The highest BCUT2D eigenvalue weighted by atomic mass is 19.4. The maximum atomic E-state index is 12.6. The summed E-state index contributed by atoms with van der Waals surface area (Å²) in [6.07, 6.45) is -0.738. The standard InChI is InChI=1S/C12H11F3N4/c13-12(14,15)7-1-4-9(10(16)5-7)11-18-17-6-19(11)8-2-3-8/h1,4-6,8H,2-3,16H2. The number of halogens is 3. The van der Waals surface area contributed by atoms with Crippen LogP contribution in [-0.2, 0) is 6.18 Å². The SMILES string of the molecule is Nc1cc(C(F)(F)F)ccc1-c1nncn1C1CC1. The summed E-state index contributed by atoms with van der Waals surface area (Å²) < 4.78 is 39.6. The van der Waals surface area contributed by atoms with Crippen molar-refractivity contribution in [1.29, 1.82) is 0 Å². The van der Waals surface area contributed by atoms with E-state index in [0.29, 0.717) is 17.4 Å². The van der Waals surface area contributed by atoms with E-state index in [1.807, 2.05) is 4.57 Å². The summed E-state index contributed by atoms with van der Waals surface area (Å²) in [6.45, 7) is 0. The van der Waals surface area contributed by atoms with Crippen molar-refractivity contribution in [2.45, 2.75) is 25.1 Å². The molecule has 0 unspecified atom stereocenters. The predicted molar refractivity (Wildman–Crippen MR) is 63.1 cm³/mol. The molecule has 100 valence electrons. The Morgan fingerprint density at radius 3 is 2.58 bits per heavy atom. The fourth-order valence-electron chi connectivity index (χ4n) is 2.00. The van der Waals surface area contributed by atoms with Gasteiger partial charge in [0, 0.05) is 17.3 Å². The van der Waals surface area contributed by atoms with Crippen LogP contribution in [-0.4, -0.2) is 14.8 Å². The summed E-state index contributed by atoms with van der Waals surface area (Å²) in [6, 6.07) is 3.63. The van der Waals surface area contributed by atoms with Crippen LogP contribution in [0.5, 0.6) is 0 Å². The van der Waals surface area contributed by atoms with Crippen molar-refractivity contribution in [3.8, 4) is 11.4 Å². The van der Waals surface area contributed by atoms with Gasteiger partial charge in [0.05, 0.1) is 5.56 Å². The molecule has 1 fully saturated rings. The Balaban J connectivity index is 2.03. The third-order valence-electron chi connectivity index (χ3n) is 3.13. The molecule has 0 bridgehead atoms. The quantitative estimate of drug-likeness (QED) is 0.852. The largest absolute Gasteiger partial charge is 0.416 e. The van der Waals surface area contributed by atoms with Gasteiger partial charge in [0.2, 0.25) is 0 Å². The maximum Gasteiger partial charge on any atom is 0.416 e. The van der Waals surface area contributed by atoms with Gasteiger partial charge in [-0.25, -0.2) is 0 Å². The second kappa shape index (κ2) is 3.97. The van der Waals surface area contributed by atoms with Crippen molar-refractivity contribution in [1.82, 2.24) is 14.8 Å². The van der Waals surface area contributed by atoms with Gasteiger partial charge in [-0.1, -0.05) is 0 Å². The Morgan fingerprint density at radius 2 is 2.00 bits per heavy atom. The molecule has 1 heterocycles. The number of hydrogen-bond donors (Lipinski definition) is 1. The van der Waals surface area contributed by atoms with E-state index in [9.17, 15) is 13.2 Å². The molecule has 0 amide bonds. The van der Waals surface area contributed by atoms with Gasteiger partial charge in [-0.15, -0.1) is 10.2 Å². The first-order valence-corrected chi connectivity index (χ1v) is 5.83. The van der Waals surface area contributed by atoms with Gasteiger partial charge in [-0.3, -0.25) is 0 Å². The Bertz CT molecular complexity index is 614. The Hall–Kier alpha value is -2.05. The van der Waals surface area contributed by atoms with E-state index < -0.39 is 11.7 Å². The predicted octanol–water partition coefficient (Wildman–Crippen LogP) is 2.88. The van der Waals surface area contributed by atoms with Crippen LogP contribution in [0.25, 0.3) is 11.4 Å². The summed E-state index contributed by atoms with van der Waals surface area (Å²) >= 11 is 0. The summed E-state index contributed by atoms with van der Waals surface area (Å²) in [4.78, 5) is 0. The molecular weight excluding hydrogens is 257 g/mol. The van der Waals surface area contributed by atoms with Gasteiger partial charge < -0.3 is 10.3 Å². The first kappa shape index (κ1) is 12.0. The van der Waals surface area contributed by atoms with Crippen molar-refractivity contribution >= 4 is 5.69 Å². The van der Waals surface area contributed by atoms with Crippen LogP contribution in [0.3, 0.4) is 0 Å². The average Bonchev–Trinajstić information content (AvgIpc) is 3.07. The lowest BCUT2D eigenvalue weighted by molar-refractivity contribution is -0.137. The van der Waals surface area contributed by atoms with Crippen molar-refractivity contribution in [2.24, 2.45) is 0 Å². The topological polar surface area (TPSA) is 56.7 Å². The number of nitrogen functional groups attached to an aromatic ring is 1. The van der Waals surface area contributed by atoms with E-state index >= 15 is 0 Å². The lowest BCUT2D eigenvalue weighted by atomic mass is 10.1. The third kappa shape index (κ3) is 2.16. The number of nitrogens with two attached hydrogens (primary N) is 1. The Morgan fingerprint density at radius 1 is 1.26 bits per heavy atom. The van der Waals surface area contributed by atoms with Gasteiger partial charge >= 0.3 is 6.18 Å². The minimum absolute atomic E-state index is 0.0599. The van der Waals surface area contributed by atoms with Crippen molar-refractivity contribution in [2.75, 3.05) is 5.73 Å². The molecule has 0 saturated heterocycles. The highest BCUT2D eigenvalue weighted by molar-refractivity contribution is 5.72. The molecule has 1 aliphatic carbocycles. The first-order chi connectivity index (χ1) is 8.97. The van der Waals surface area contributed by atoms with Crippen LogP contribution in [0.4, 0.5) is 18.9 Å². The van der Waals surface area contributed by atoms with E-state index in [4.69, 9.17) is 5.73 Å². The molecule has 19 heavy (non-hydrogen) atoms. The number of aromatic nitrogens is 3. The van der Waals surface area contributed by atoms with Gasteiger partial charge in [-0.2, -0.15) is 13.2 Å². The average molecular weight is 268 g/mol. The van der Waals surface area contributed by atoms with E-state index in [0.717, 1.165) is 25.0 Å². The molecule has 2 aromatic rings. The highest BCUT2D eigenvalue weighted by Crippen LogP contribution is 2.39. The highest BCUT2D eigenvalue weighted by Gasteiger charge is 2.32. The molecule has 1 aromatic carbocycles. The maximum absolute atomic E-state index is 12.6. The fraction of sp³-hybridized carbons (Fsp3) is 0.333. The Kier molecular flexibility index (Phi) is 2.51. The van der Waals surface area contributed by atoms with Crippen LogP contribution in [0.15, 0.2) is 24.5 Å². The molecule has 2 N–H and O–H groups in total. The van der Waals surface area contributed by atoms with Gasteiger partial charge in [0.1, 0.15) is 6.33 Å². The lowest BCUT2D eigenvalue weighted by Gasteiger charge is -2.11. The second-order valence-electron chi connectivity index (χ2n) is 4.59. The van der Waals surface area contributed by atoms with Gasteiger partial charge in [0.15, 0.2) is 5.82 Å². The molecule has 3 rings (SSSR count). The lowest BCUT2D eigenvalue weighted by Crippen LogP contribution is -2.07. The molecule has 0 atom stereocenters. The van der Waals surface area contributed by atoms with Crippen molar-refractivity contribution < 1.29 is 13.2 Å². The smallest absolute Gasteiger partial charge is 0.398 e. The van der Waals surface area contributed by atoms with Crippen LogP contribution in [0, 0.1) is 0 Å². The molecule has 1 saturated carbocycles. The number of anilines is 1. The first-order valence-electron chi connectivity index (χ1n) is 5.83. The third-order valence-corrected chi connectivity index (χ3v) is 3.13. The minimum atomic E-state index is -4.39. The number of nitrogens with zero attached hydrogens (tertiary/aromatic N) is 3. The minimum Gasteiger partial charge on any atom is -0.398 e. The van der Waals surface area contributed by atoms with Gasteiger partial charge in [0.25, 0.3) is 0 Å².